The SMILES string of the molecule is CCOC(=O)C(Cc1ccc2c(c1)C1(CCN(C(=O)O)C1)CN2C(=O)O)C(=O)OCC. The third-order valence-corrected chi connectivity index (χ3v) is 5.82. The van der Waals surface area contributed by atoms with Crippen LogP contribution < -0.4 is 4.90 Å². The van der Waals surface area contributed by atoms with Gasteiger partial charge in [-0.25, -0.2) is 9.59 Å². The number of ether oxygens (including phenoxy) is 2. The molecule has 0 bridgehead atoms. The van der Waals surface area contributed by atoms with Crippen molar-refractivity contribution >= 4 is 29.8 Å². The van der Waals surface area contributed by atoms with Crippen molar-refractivity contribution in [1.82, 2.24) is 4.90 Å². The summed E-state index contributed by atoms with van der Waals surface area (Å²) in [6, 6.07) is 5.09. The highest BCUT2D eigenvalue weighted by atomic mass is 16.6. The Morgan fingerprint density at radius 2 is 1.68 bits per heavy atom. The minimum atomic E-state index is -1.13. The molecule has 31 heavy (non-hydrogen) atoms. The Balaban J connectivity index is 1.95. The van der Waals surface area contributed by atoms with Gasteiger partial charge in [0, 0.05) is 25.0 Å². The minimum Gasteiger partial charge on any atom is -0.465 e. The highest BCUT2D eigenvalue weighted by molar-refractivity contribution is 5.95. The number of amides is 2. The maximum atomic E-state index is 12.3. The molecule has 1 aromatic rings. The Kier molecular flexibility index (Phi) is 6.37. The quantitative estimate of drug-likeness (QED) is 0.514. The molecule has 2 N–H and O–H groups in total. The number of carbonyl (C=O) groups excluding carboxylic acids is 2. The molecule has 0 aliphatic carbocycles. The van der Waals surface area contributed by atoms with E-state index in [1.54, 1.807) is 32.0 Å². The zero-order valence-corrected chi connectivity index (χ0v) is 17.5. The number of esters is 2. The fourth-order valence-electron chi connectivity index (χ4n) is 4.38. The van der Waals surface area contributed by atoms with Gasteiger partial charge in [-0.1, -0.05) is 12.1 Å². The van der Waals surface area contributed by atoms with Gasteiger partial charge < -0.3 is 24.6 Å². The molecule has 1 unspecified atom stereocenters. The first-order valence-corrected chi connectivity index (χ1v) is 10.2. The van der Waals surface area contributed by atoms with Crippen LogP contribution in [0.25, 0.3) is 0 Å². The van der Waals surface area contributed by atoms with Gasteiger partial charge in [-0.2, -0.15) is 0 Å². The molecular weight excluding hydrogens is 408 g/mol. The van der Waals surface area contributed by atoms with E-state index in [-0.39, 0.29) is 32.7 Å². The molecule has 10 heteroatoms. The molecule has 0 saturated carbocycles. The van der Waals surface area contributed by atoms with Crippen LogP contribution >= 0.6 is 0 Å². The number of nitrogens with zero attached hydrogens (tertiary/aromatic N) is 2. The fourth-order valence-corrected chi connectivity index (χ4v) is 4.38. The second-order valence-corrected chi connectivity index (χ2v) is 7.72. The van der Waals surface area contributed by atoms with E-state index < -0.39 is 35.5 Å². The number of rotatable bonds is 6. The molecule has 2 amide bonds. The van der Waals surface area contributed by atoms with E-state index in [0.717, 1.165) is 0 Å². The molecule has 2 heterocycles. The lowest BCUT2D eigenvalue weighted by Crippen LogP contribution is -2.39. The molecule has 1 spiro atoms. The number of likely N-dealkylation sites (tertiary alicyclic amines) is 1. The number of hydrogen-bond donors (Lipinski definition) is 2. The molecular formula is C21H26N2O8. The third kappa shape index (κ3) is 4.28. The molecule has 2 aliphatic rings. The smallest absolute Gasteiger partial charge is 0.411 e. The van der Waals surface area contributed by atoms with Gasteiger partial charge in [0.25, 0.3) is 0 Å². The summed E-state index contributed by atoms with van der Waals surface area (Å²) in [6.07, 6.45) is -1.64. The highest BCUT2D eigenvalue weighted by Gasteiger charge is 2.50. The van der Waals surface area contributed by atoms with Gasteiger partial charge in [-0.3, -0.25) is 14.5 Å². The number of anilines is 1. The van der Waals surface area contributed by atoms with E-state index >= 15 is 0 Å². The van der Waals surface area contributed by atoms with Crippen LogP contribution in [0, 0.1) is 5.92 Å². The minimum absolute atomic E-state index is 0.0384. The van der Waals surface area contributed by atoms with Gasteiger partial charge in [-0.15, -0.1) is 0 Å². The monoisotopic (exact) mass is 434 g/mol. The summed E-state index contributed by atoms with van der Waals surface area (Å²) >= 11 is 0. The summed E-state index contributed by atoms with van der Waals surface area (Å²) in [5, 5.41) is 19.0. The summed E-state index contributed by atoms with van der Waals surface area (Å²) < 4.78 is 10.0. The number of carboxylic acid groups (broad SMARTS) is 2. The van der Waals surface area contributed by atoms with Crippen molar-refractivity contribution in [2.45, 2.75) is 32.1 Å². The Morgan fingerprint density at radius 1 is 1.03 bits per heavy atom. The summed E-state index contributed by atoms with van der Waals surface area (Å²) in [5.74, 6) is -2.49. The topological polar surface area (TPSA) is 134 Å². The molecule has 1 atom stereocenters. The van der Waals surface area contributed by atoms with Gasteiger partial charge in [0.05, 0.1) is 18.9 Å². The van der Waals surface area contributed by atoms with Crippen LogP contribution in [0.15, 0.2) is 18.2 Å². The average molecular weight is 434 g/mol. The largest absolute Gasteiger partial charge is 0.465 e. The molecule has 0 aromatic heterocycles. The highest BCUT2D eigenvalue weighted by Crippen LogP contribution is 2.47. The van der Waals surface area contributed by atoms with Crippen molar-refractivity contribution in [2.24, 2.45) is 5.92 Å². The van der Waals surface area contributed by atoms with E-state index in [9.17, 15) is 29.4 Å². The predicted octanol–water partition coefficient (Wildman–Crippen LogP) is 2.09. The lowest BCUT2D eigenvalue weighted by atomic mass is 9.80. The van der Waals surface area contributed by atoms with Crippen LogP contribution in [-0.2, 0) is 30.9 Å². The van der Waals surface area contributed by atoms with Crippen LogP contribution in [0.4, 0.5) is 15.3 Å². The van der Waals surface area contributed by atoms with Gasteiger partial charge in [0.15, 0.2) is 5.92 Å². The second-order valence-electron chi connectivity index (χ2n) is 7.72. The Bertz CT molecular complexity index is 883. The zero-order valence-electron chi connectivity index (χ0n) is 17.5. The van der Waals surface area contributed by atoms with E-state index in [4.69, 9.17) is 9.47 Å². The summed E-state index contributed by atoms with van der Waals surface area (Å²) in [5.41, 5.74) is 1.19. The number of fused-ring (bicyclic) bond motifs is 2. The number of carbonyl (C=O) groups is 4. The Labute approximate surface area is 179 Å². The number of benzene rings is 1. The molecule has 2 aliphatic heterocycles. The van der Waals surface area contributed by atoms with Crippen LogP contribution in [0.5, 0.6) is 0 Å². The van der Waals surface area contributed by atoms with Crippen molar-refractivity contribution in [3.05, 3.63) is 29.3 Å². The standard InChI is InChI=1S/C21H26N2O8/c1-3-30-17(24)14(18(25)31-4-2)9-13-5-6-16-15(10-13)21(12-23(16)20(28)29)7-8-22(11-21)19(26)27/h5-6,10,14H,3-4,7-9,11-12H2,1-2H3,(H,26,27)(H,28,29). The van der Waals surface area contributed by atoms with Crippen LogP contribution in [0.1, 0.15) is 31.4 Å². The predicted molar refractivity (Wildman–Crippen MR) is 108 cm³/mol. The third-order valence-electron chi connectivity index (χ3n) is 5.82. The van der Waals surface area contributed by atoms with E-state index in [1.807, 2.05) is 0 Å². The van der Waals surface area contributed by atoms with E-state index in [0.29, 0.717) is 29.8 Å². The average Bonchev–Trinajstić information content (AvgIpc) is 3.29. The summed E-state index contributed by atoms with van der Waals surface area (Å²) in [4.78, 5) is 50.4. The molecule has 1 aromatic carbocycles. The Hall–Kier alpha value is -3.30. The van der Waals surface area contributed by atoms with Crippen LogP contribution in [-0.4, -0.2) is 72.1 Å². The number of hydrogen-bond acceptors (Lipinski definition) is 6. The van der Waals surface area contributed by atoms with Gasteiger partial charge in [-0.05, 0) is 43.9 Å². The lowest BCUT2D eigenvalue weighted by molar-refractivity contribution is -0.161. The van der Waals surface area contributed by atoms with E-state index in [1.165, 1.54) is 9.80 Å². The molecule has 0 radical (unpaired) electrons. The first-order chi connectivity index (χ1) is 14.7. The first kappa shape index (κ1) is 22.4. The van der Waals surface area contributed by atoms with Crippen molar-refractivity contribution in [2.75, 3.05) is 37.7 Å². The molecule has 168 valence electrons. The Morgan fingerprint density at radius 3 is 2.19 bits per heavy atom. The van der Waals surface area contributed by atoms with Crippen molar-refractivity contribution in [3.63, 3.8) is 0 Å². The molecule has 10 nitrogen and oxygen atoms in total. The molecule has 1 saturated heterocycles. The van der Waals surface area contributed by atoms with Crippen molar-refractivity contribution in [1.29, 1.82) is 0 Å². The van der Waals surface area contributed by atoms with Crippen molar-refractivity contribution < 1.29 is 38.9 Å². The van der Waals surface area contributed by atoms with Crippen molar-refractivity contribution in [3.8, 4) is 0 Å². The van der Waals surface area contributed by atoms with Gasteiger partial charge in [0.2, 0.25) is 0 Å². The zero-order chi connectivity index (χ0) is 22.8. The maximum absolute atomic E-state index is 12.3. The lowest BCUT2D eigenvalue weighted by Gasteiger charge is -2.24. The van der Waals surface area contributed by atoms with E-state index in [2.05, 4.69) is 0 Å². The maximum Gasteiger partial charge on any atom is 0.411 e. The first-order valence-electron chi connectivity index (χ1n) is 10.2. The fraction of sp³-hybridized carbons (Fsp3) is 0.524. The molecule has 1 fully saturated rings. The normalized spacial score (nSPS) is 19.6. The second kappa shape index (κ2) is 8.83. The molecule has 3 rings (SSSR count). The summed E-state index contributed by atoms with van der Waals surface area (Å²) in [7, 11) is 0. The van der Waals surface area contributed by atoms with Gasteiger partial charge >= 0.3 is 24.1 Å². The summed E-state index contributed by atoms with van der Waals surface area (Å²) in [6.45, 7) is 4.19. The van der Waals surface area contributed by atoms with Crippen LogP contribution in [0.2, 0.25) is 0 Å². The van der Waals surface area contributed by atoms with Gasteiger partial charge in [0.1, 0.15) is 0 Å². The van der Waals surface area contributed by atoms with Crippen LogP contribution in [0.3, 0.4) is 0 Å².